The van der Waals surface area contributed by atoms with Gasteiger partial charge in [0.05, 0.1) is 6.54 Å². The van der Waals surface area contributed by atoms with Gasteiger partial charge in [0, 0.05) is 23.4 Å². The lowest BCUT2D eigenvalue weighted by molar-refractivity contribution is -1.05. The van der Waals surface area contributed by atoms with Crippen molar-refractivity contribution >= 4 is 11.6 Å². The zero-order chi connectivity index (χ0) is 17.2. The van der Waals surface area contributed by atoms with E-state index >= 15 is 0 Å². The first-order valence-corrected chi connectivity index (χ1v) is 9.78. The summed E-state index contributed by atoms with van der Waals surface area (Å²) in [6.45, 7) is 7.51. The van der Waals surface area contributed by atoms with Crippen molar-refractivity contribution in [1.82, 2.24) is 0 Å². The Morgan fingerprint density at radius 3 is 2.72 bits per heavy atom. The van der Waals surface area contributed by atoms with E-state index in [1.54, 1.807) is 4.90 Å². The summed E-state index contributed by atoms with van der Waals surface area (Å²) in [7, 11) is 0. The SMILES string of the molecule is C[C@H]1[C@@H]2CCC[NH+]2CC[NH+]1Cc1cccc(Oc2ccc(Cl)cc2)c1. The van der Waals surface area contributed by atoms with E-state index in [-0.39, 0.29) is 0 Å². The van der Waals surface area contributed by atoms with Crippen LogP contribution in [0.25, 0.3) is 0 Å². The molecule has 0 aliphatic carbocycles. The fraction of sp³-hybridized carbons (Fsp3) is 0.429. The van der Waals surface area contributed by atoms with E-state index in [1.807, 2.05) is 35.2 Å². The number of ether oxygens (including phenoxy) is 1. The van der Waals surface area contributed by atoms with Crippen LogP contribution in [0.3, 0.4) is 0 Å². The van der Waals surface area contributed by atoms with Gasteiger partial charge in [-0.3, -0.25) is 0 Å². The summed E-state index contributed by atoms with van der Waals surface area (Å²) < 4.78 is 5.99. The molecule has 4 heteroatoms. The topological polar surface area (TPSA) is 18.1 Å². The standard InChI is InChI=1S/C21H25ClN2O/c1-16-21-6-3-11-23(21)12-13-24(16)15-17-4-2-5-20(14-17)25-19-9-7-18(22)8-10-19/h2,4-5,7-10,14,16,21H,3,6,11-13,15H2,1H3/p+2/t16-,21-/m0/s1. The van der Waals surface area contributed by atoms with E-state index in [0.717, 1.165) is 35.2 Å². The van der Waals surface area contributed by atoms with Crippen molar-refractivity contribution in [1.29, 1.82) is 0 Å². The molecule has 2 aromatic rings. The maximum atomic E-state index is 5.99. The predicted molar refractivity (Wildman–Crippen MR) is 101 cm³/mol. The van der Waals surface area contributed by atoms with Crippen LogP contribution >= 0.6 is 11.6 Å². The third-order valence-corrected chi connectivity index (χ3v) is 6.18. The third kappa shape index (κ3) is 3.84. The van der Waals surface area contributed by atoms with Gasteiger partial charge in [0.15, 0.2) is 0 Å². The van der Waals surface area contributed by atoms with Crippen LogP contribution in [0, 0.1) is 0 Å². The Hall–Kier alpha value is -1.55. The van der Waals surface area contributed by atoms with Crippen LogP contribution in [0.5, 0.6) is 11.5 Å². The highest BCUT2D eigenvalue weighted by molar-refractivity contribution is 6.30. The molecule has 25 heavy (non-hydrogen) atoms. The molecule has 0 spiro atoms. The molecule has 0 aromatic heterocycles. The van der Waals surface area contributed by atoms with Gasteiger partial charge in [-0.25, -0.2) is 0 Å². The van der Waals surface area contributed by atoms with Gasteiger partial charge in [-0.05, 0) is 43.3 Å². The van der Waals surface area contributed by atoms with Crippen LogP contribution in [0.15, 0.2) is 48.5 Å². The van der Waals surface area contributed by atoms with E-state index in [4.69, 9.17) is 16.3 Å². The van der Waals surface area contributed by atoms with Crippen LogP contribution in [-0.4, -0.2) is 31.7 Å². The van der Waals surface area contributed by atoms with Crippen LogP contribution in [0.1, 0.15) is 25.3 Å². The molecule has 2 aliphatic heterocycles. The molecule has 2 saturated heterocycles. The van der Waals surface area contributed by atoms with Gasteiger partial charge in [-0.15, -0.1) is 0 Å². The maximum Gasteiger partial charge on any atom is 0.140 e. The number of fused-ring (bicyclic) bond motifs is 1. The fourth-order valence-corrected chi connectivity index (χ4v) is 4.68. The lowest BCUT2D eigenvalue weighted by Gasteiger charge is -2.37. The highest BCUT2D eigenvalue weighted by Crippen LogP contribution is 2.23. The summed E-state index contributed by atoms with van der Waals surface area (Å²) in [5.41, 5.74) is 1.36. The summed E-state index contributed by atoms with van der Waals surface area (Å²) in [6, 6.07) is 17.7. The van der Waals surface area contributed by atoms with Gasteiger partial charge in [-0.2, -0.15) is 0 Å². The number of halogens is 1. The molecular weight excluding hydrogens is 332 g/mol. The lowest BCUT2D eigenvalue weighted by atomic mass is 10.0. The molecule has 2 N–H and O–H groups in total. The summed E-state index contributed by atoms with van der Waals surface area (Å²) in [5, 5.41) is 0.729. The van der Waals surface area contributed by atoms with Crippen molar-refractivity contribution in [2.75, 3.05) is 19.6 Å². The molecule has 0 bridgehead atoms. The maximum absolute atomic E-state index is 5.99. The summed E-state index contributed by atoms with van der Waals surface area (Å²) in [5.74, 6) is 1.72. The van der Waals surface area contributed by atoms with E-state index in [9.17, 15) is 0 Å². The minimum atomic E-state index is 0.729. The zero-order valence-corrected chi connectivity index (χ0v) is 15.6. The van der Waals surface area contributed by atoms with Crippen molar-refractivity contribution in [2.45, 2.75) is 38.4 Å². The molecule has 2 fully saturated rings. The summed E-state index contributed by atoms with van der Waals surface area (Å²) >= 11 is 5.94. The third-order valence-electron chi connectivity index (χ3n) is 5.93. The molecule has 2 aliphatic rings. The van der Waals surface area contributed by atoms with E-state index in [1.165, 1.54) is 38.0 Å². The molecule has 2 aromatic carbocycles. The number of rotatable bonds is 4. The van der Waals surface area contributed by atoms with E-state index in [2.05, 4.69) is 25.1 Å². The van der Waals surface area contributed by atoms with Gasteiger partial charge in [0.1, 0.15) is 43.2 Å². The highest BCUT2D eigenvalue weighted by atomic mass is 35.5. The number of piperazine rings is 1. The van der Waals surface area contributed by atoms with Crippen molar-refractivity contribution < 1.29 is 14.5 Å². The largest absolute Gasteiger partial charge is 0.457 e. The predicted octanol–water partition coefficient (Wildman–Crippen LogP) is 1.97. The monoisotopic (exact) mass is 358 g/mol. The summed E-state index contributed by atoms with van der Waals surface area (Å²) in [6.07, 6.45) is 2.81. The van der Waals surface area contributed by atoms with Crippen LogP contribution < -0.4 is 14.5 Å². The smallest absolute Gasteiger partial charge is 0.140 e. The Kier molecular flexibility index (Phi) is 4.98. The average Bonchev–Trinajstić information content (AvgIpc) is 3.09. The van der Waals surface area contributed by atoms with Crippen molar-refractivity contribution in [3.05, 3.63) is 59.1 Å². The molecule has 132 valence electrons. The average molecular weight is 359 g/mol. The quantitative estimate of drug-likeness (QED) is 0.855. The molecule has 0 amide bonds. The zero-order valence-electron chi connectivity index (χ0n) is 14.8. The van der Waals surface area contributed by atoms with Crippen LogP contribution in [0.2, 0.25) is 5.02 Å². The first kappa shape index (κ1) is 16.9. The second-order valence-corrected chi connectivity index (χ2v) is 7.92. The Bertz CT molecular complexity index is 718. The van der Waals surface area contributed by atoms with Crippen LogP contribution in [0.4, 0.5) is 0 Å². The van der Waals surface area contributed by atoms with Crippen molar-refractivity contribution in [3.63, 3.8) is 0 Å². The number of benzene rings is 2. The highest BCUT2D eigenvalue weighted by Gasteiger charge is 2.42. The fourth-order valence-electron chi connectivity index (χ4n) is 4.56. The first-order chi connectivity index (χ1) is 12.2. The van der Waals surface area contributed by atoms with Crippen molar-refractivity contribution in [3.8, 4) is 11.5 Å². The number of quaternary nitrogens is 2. The second-order valence-electron chi connectivity index (χ2n) is 7.48. The van der Waals surface area contributed by atoms with Gasteiger partial charge >= 0.3 is 0 Å². The molecule has 4 rings (SSSR count). The number of hydrogen-bond donors (Lipinski definition) is 2. The normalized spacial score (nSPS) is 28.6. The molecular formula is C21H27ClN2O+2. The molecule has 3 nitrogen and oxygen atoms in total. The number of nitrogens with one attached hydrogen (secondary N) is 2. The Labute approximate surface area is 155 Å². The van der Waals surface area contributed by atoms with Crippen molar-refractivity contribution in [2.24, 2.45) is 0 Å². The molecule has 4 atom stereocenters. The van der Waals surface area contributed by atoms with Crippen LogP contribution in [-0.2, 0) is 6.54 Å². The molecule has 2 unspecified atom stereocenters. The molecule has 0 saturated carbocycles. The Morgan fingerprint density at radius 1 is 1.04 bits per heavy atom. The minimum absolute atomic E-state index is 0.729. The molecule has 2 heterocycles. The van der Waals surface area contributed by atoms with Gasteiger partial charge in [0.25, 0.3) is 0 Å². The second kappa shape index (κ2) is 7.36. The number of hydrogen-bond acceptors (Lipinski definition) is 1. The lowest BCUT2D eigenvalue weighted by Crippen LogP contribution is -3.31. The first-order valence-electron chi connectivity index (χ1n) is 9.40. The summed E-state index contributed by atoms with van der Waals surface area (Å²) in [4.78, 5) is 3.57. The van der Waals surface area contributed by atoms with Gasteiger partial charge < -0.3 is 14.5 Å². The van der Waals surface area contributed by atoms with Gasteiger partial charge in [0.2, 0.25) is 0 Å². The molecule has 0 radical (unpaired) electrons. The van der Waals surface area contributed by atoms with E-state index < -0.39 is 0 Å². The Morgan fingerprint density at radius 2 is 1.88 bits per heavy atom. The van der Waals surface area contributed by atoms with E-state index in [0.29, 0.717) is 0 Å². The minimum Gasteiger partial charge on any atom is -0.457 e. The van der Waals surface area contributed by atoms with Gasteiger partial charge in [-0.1, -0.05) is 23.7 Å². The Balaban J connectivity index is 1.43.